The maximum atomic E-state index is 12.8. The van der Waals surface area contributed by atoms with Crippen LogP contribution in [0.15, 0.2) is 65.7 Å². The van der Waals surface area contributed by atoms with Crippen molar-refractivity contribution in [2.24, 2.45) is 0 Å². The van der Waals surface area contributed by atoms with Crippen molar-refractivity contribution in [1.82, 2.24) is 4.98 Å². The lowest BCUT2D eigenvalue weighted by molar-refractivity contribution is 0.102. The molecular formula is C20H18ClN3O4S. The molecule has 9 heteroatoms. The van der Waals surface area contributed by atoms with Crippen molar-refractivity contribution in [2.45, 2.75) is 11.8 Å². The lowest BCUT2D eigenvalue weighted by Gasteiger charge is -2.13. The quantitative estimate of drug-likeness (QED) is 0.612. The van der Waals surface area contributed by atoms with Crippen LogP contribution < -0.4 is 14.8 Å². The normalized spacial score (nSPS) is 11.0. The highest BCUT2D eigenvalue weighted by Crippen LogP contribution is 2.30. The number of hydrogen-bond donors (Lipinski definition) is 2. The Balaban J connectivity index is 1.85. The predicted octanol–water partition coefficient (Wildman–Crippen LogP) is 4.11. The van der Waals surface area contributed by atoms with E-state index in [2.05, 4.69) is 15.0 Å². The van der Waals surface area contributed by atoms with Crippen molar-refractivity contribution in [2.75, 3.05) is 17.1 Å². The van der Waals surface area contributed by atoms with Crippen molar-refractivity contribution in [3.05, 3.63) is 76.9 Å². The molecule has 0 radical (unpaired) electrons. The maximum Gasteiger partial charge on any atom is 0.262 e. The fourth-order valence-electron chi connectivity index (χ4n) is 2.50. The van der Waals surface area contributed by atoms with Gasteiger partial charge in [-0.2, -0.15) is 0 Å². The van der Waals surface area contributed by atoms with Gasteiger partial charge in [-0.05, 0) is 55.0 Å². The Morgan fingerprint density at radius 3 is 2.59 bits per heavy atom. The number of sulfonamides is 1. The van der Waals surface area contributed by atoms with E-state index in [9.17, 15) is 13.2 Å². The molecule has 2 aromatic carbocycles. The van der Waals surface area contributed by atoms with E-state index in [1.54, 1.807) is 24.4 Å². The minimum atomic E-state index is -3.98. The molecule has 0 saturated heterocycles. The topological polar surface area (TPSA) is 97.4 Å². The number of anilines is 2. The van der Waals surface area contributed by atoms with Crippen molar-refractivity contribution in [3.8, 4) is 5.75 Å². The number of amides is 1. The van der Waals surface area contributed by atoms with Crippen LogP contribution in [0.25, 0.3) is 0 Å². The maximum absolute atomic E-state index is 12.8. The molecular weight excluding hydrogens is 414 g/mol. The number of aryl methyl sites for hydroxylation is 1. The highest BCUT2D eigenvalue weighted by molar-refractivity contribution is 7.92. The third kappa shape index (κ3) is 5.04. The second-order valence-corrected chi connectivity index (χ2v) is 8.27. The number of ether oxygens (including phenoxy) is 1. The number of hydrogen-bond acceptors (Lipinski definition) is 5. The zero-order chi connectivity index (χ0) is 21.0. The summed E-state index contributed by atoms with van der Waals surface area (Å²) >= 11 is 5.95. The van der Waals surface area contributed by atoms with Gasteiger partial charge in [-0.15, -0.1) is 0 Å². The van der Waals surface area contributed by atoms with E-state index in [0.717, 1.165) is 5.56 Å². The van der Waals surface area contributed by atoms with Gasteiger partial charge in [-0.3, -0.25) is 9.52 Å². The summed E-state index contributed by atoms with van der Waals surface area (Å²) in [5.41, 5.74) is 1.32. The van der Waals surface area contributed by atoms with Gasteiger partial charge in [-0.25, -0.2) is 13.4 Å². The second kappa shape index (κ2) is 8.50. The molecule has 150 valence electrons. The molecule has 0 spiro atoms. The van der Waals surface area contributed by atoms with Crippen molar-refractivity contribution < 1.29 is 17.9 Å². The molecule has 1 aromatic heterocycles. The van der Waals surface area contributed by atoms with Crippen LogP contribution in [-0.4, -0.2) is 26.4 Å². The smallest absolute Gasteiger partial charge is 0.262 e. The Morgan fingerprint density at radius 1 is 1.10 bits per heavy atom. The fourth-order valence-corrected chi connectivity index (χ4v) is 3.78. The summed E-state index contributed by atoms with van der Waals surface area (Å²) in [5.74, 6) is 0.215. The summed E-state index contributed by atoms with van der Waals surface area (Å²) < 4.78 is 33.2. The van der Waals surface area contributed by atoms with Gasteiger partial charge in [0.25, 0.3) is 15.9 Å². The Labute approximate surface area is 173 Å². The minimum absolute atomic E-state index is 0.0796. The zero-order valence-corrected chi connectivity index (χ0v) is 17.2. The molecule has 0 fully saturated rings. The minimum Gasteiger partial charge on any atom is -0.495 e. The number of nitrogens with zero attached hydrogens (tertiary/aromatic N) is 1. The van der Waals surface area contributed by atoms with Crippen molar-refractivity contribution in [3.63, 3.8) is 0 Å². The van der Waals surface area contributed by atoms with Gasteiger partial charge >= 0.3 is 0 Å². The van der Waals surface area contributed by atoms with Crippen LogP contribution in [0.5, 0.6) is 5.75 Å². The summed E-state index contributed by atoms with van der Waals surface area (Å²) in [6, 6.07) is 13.7. The largest absolute Gasteiger partial charge is 0.495 e. The molecule has 0 aliphatic heterocycles. The summed E-state index contributed by atoms with van der Waals surface area (Å²) in [6.45, 7) is 1.88. The number of methoxy groups -OCH3 is 1. The number of aromatic nitrogens is 1. The fraction of sp³-hybridized carbons (Fsp3) is 0.100. The Kier molecular flexibility index (Phi) is 6.05. The van der Waals surface area contributed by atoms with E-state index < -0.39 is 15.9 Å². The molecule has 2 N–H and O–H groups in total. The van der Waals surface area contributed by atoms with Gasteiger partial charge in [0.2, 0.25) is 0 Å². The summed E-state index contributed by atoms with van der Waals surface area (Å²) in [4.78, 5) is 16.5. The van der Waals surface area contributed by atoms with Gasteiger partial charge in [0.1, 0.15) is 11.6 Å². The molecule has 7 nitrogen and oxygen atoms in total. The zero-order valence-electron chi connectivity index (χ0n) is 15.6. The lowest BCUT2D eigenvalue weighted by Crippen LogP contribution is -2.16. The van der Waals surface area contributed by atoms with E-state index in [4.69, 9.17) is 16.3 Å². The SMILES string of the molecule is COc1ccc(Cl)cc1NS(=O)(=O)c1cccc(C(=O)Nc2ccc(C)cn2)c1. The molecule has 3 rings (SSSR count). The number of carbonyl (C=O) groups excluding carboxylic acids is 1. The van der Waals surface area contributed by atoms with Crippen molar-refractivity contribution in [1.29, 1.82) is 0 Å². The van der Waals surface area contributed by atoms with Crippen LogP contribution >= 0.6 is 11.6 Å². The van der Waals surface area contributed by atoms with Crippen LogP contribution in [-0.2, 0) is 10.0 Å². The molecule has 0 bridgehead atoms. The summed E-state index contributed by atoms with van der Waals surface area (Å²) in [5, 5.41) is 2.99. The first-order valence-corrected chi connectivity index (χ1v) is 10.3. The number of rotatable bonds is 6. The first-order chi connectivity index (χ1) is 13.8. The van der Waals surface area contributed by atoms with E-state index in [0.29, 0.717) is 16.6 Å². The number of nitrogens with one attached hydrogen (secondary N) is 2. The third-order valence-electron chi connectivity index (χ3n) is 3.97. The van der Waals surface area contributed by atoms with E-state index >= 15 is 0 Å². The average molecular weight is 432 g/mol. The van der Waals surface area contributed by atoms with Crippen LogP contribution in [0.2, 0.25) is 5.02 Å². The Bertz CT molecular complexity index is 1150. The molecule has 29 heavy (non-hydrogen) atoms. The first kappa shape index (κ1) is 20.6. The molecule has 0 unspecified atom stereocenters. The highest BCUT2D eigenvalue weighted by atomic mass is 35.5. The van der Waals surface area contributed by atoms with Gasteiger partial charge in [0.15, 0.2) is 0 Å². The molecule has 0 atom stereocenters. The standard InChI is InChI=1S/C20H18ClN3O4S/c1-13-6-9-19(22-12-13)23-20(25)14-4-3-5-16(10-14)29(26,27)24-17-11-15(21)7-8-18(17)28-2/h3-12,24H,1-2H3,(H,22,23,25). The van der Waals surface area contributed by atoms with Gasteiger partial charge in [0, 0.05) is 16.8 Å². The van der Waals surface area contributed by atoms with E-state index in [-0.39, 0.29) is 16.1 Å². The number of benzene rings is 2. The lowest BCUT2D eigenvalue weighted by atomic mass is 10.2. The Morgan fingerprint density at radius 2 is 1.90 bits per heavy atom. The van der Waals surface area contributed by atoms with Crippen molar-refractivity contribution >= 4 is 39.0 Å². The number of carbonyl (C=O) groups is 1. The van der Waals surface area contributed by atoms with Gasteiger partial charge < -0.3 is 10.1 Å². The van der Waals surface area contributed by atoms with Gasteiger partial charge in [0.05, 0.1) is 17.7 Å². The Hall–Kier alpha value is -3.10. The number of halogens is 1. The average Bonchev–Trinajstić information content (AvgIpc) is 2.70. The molecule has 0 aliphatic carbocycles. The molecule has 3 aromatic rings. The monoisotopic (exact) mass is 431 g/mol. The van der Waals surface area contributed by atoms with Crippen LogP contribution in [0.3, 0.4) is 0 Å². The van der Waals surface area contributed by atoms with E-state index in [1.807, 2.05) is 13.0 Å². The third-order valence-corrected chi connectivity index (χ3v) is 5.56. The summed E-state index contributed by atoms with van der Waals surface area (Å²) in [7, 11) is -2.56. The molecule has 1 amide bonds. The molecule has 0 saturated carbocycles. The van der Waals surface area contributed by atoms with Crippen LogP contribution in [0.4, 0.5) is 11.5 Å². The second-order valence-electron chi connectivity index (χ2n) is 6.15. The summed E-state index contributed by atoms with van der Waals surface area (Å²) in [6.07, 6.45) is 1.62. The molecule has 1 heterocycles. The predicted molar refractivity (Wildman–Crippen MR) is 112 cm³/mol. The highest BCUT2D eigenvalue weighted by Gasteiger charge is 2.19. The van der Waals surface area contributed by atoms with Crippen LogP contribution in [0, 0.1) is 6.92 Å². The van der Waals surface area contributed by atoms with Crippen LogP contribution in [0.1, 0.15) is 15.9 Å². The molecule has 0 aliphatic rings. The first-order valence-electron chi connectivity index (χ1n) is 8.49. The van der Waals surface area contributed by atoms with E-state index in [1.165, 1.54) is 37.4 Å². The van der Waals surface area contributed by atoms with Gasteiger partial charge in [-0.1, -0.05) is 23.7 Å². The number of pyridine rings is 1.